The third kappa shape index (κ3) is 2.35. The molecule has 4 heteroatoms. The zero-order chi connectivity index (χ0) is 13.3. The first kappa shape index (κ1) is 13.3. The monoisotopic (exact) mass is 307 g/mol. The fourth-order valence-corrected chi connectivity index (χ4v) is 2.50. The predicted octanol–water partition coefficient (Wildman–Crippen LogP) is 2.97. The van der Waals surface area contributed by atoms with Crippen molar-refractivity contribution in [3.8, 4) is 11.3 Å². The van der Waals surface area contributed by atoms with Gasteiger partial charge in [-0.3, -0.25) is 0 Å². The Morgan fingerprint density at radius 3 is 2.72 bits per heavy atom. The molecule has 0 amide bonds. The molecule has 0 aliphatic heterocycles. The maximum atomic E-state index is 5.70. The van der Waals surface area contributed by atoms with Gasteiger partial charge in [0.2, 0.25) is 0 Å². The Morgan fingerprint density at radius 1 is 1.33 bits per heavy atom. The van der Waals surface area contributed by atoms with E-state index in [9.17, 15) is 0 Å². The molecule has 0 atom stereocenters. The minimum Gasteiger partial charge on any atom is -0.335 e. The summed E-state index contributed by atoms with van der Waals surface area (Å²) in [5.74, 6) is 1.02. The SMILES string of the molecule is Cc1ccc(Br)cc1-c1nc(C)n(C)c1CCN. The maximum absolute atomic E-state index is 5.70. The van der Waals surface area contributed by atoms with Gasteiger partial charge in [0.15, 0.2) is 0 Å². The second kappa shape index (κ2) is 5.24. The molecule has 96 valence electrons. The molecule has 0 saturated carbocycles. The highest BCUT2D eigenvalue weighted by molar-refractivity contribution is 9.10. The van der Waals surface area contributed by atoms with E-state index in [1.165, 1.54) is 16.8 Å². The minimum absolute atomic E-state index is 0.638. The van der Waals surface area contributed by atoms with Crippen molar-refractivity contribution in [2.75, 3.05) is 6.54 Å². The molecule has 0 unspecified atom stereocenters. The molecule has 3 nitrogen and oxygen atoms in total. The van der Waals surface area contributed by atoms with E-state index in [4.69, 9.17) is 5.73 Å². The lowest BCUT2D eigenvalue weighted by molar-refractivity contribution is 0.778. The summed E-state index contributed by atoms with van der Waals surface area (Å²) < 4.78 is 3.20. The molecule has 0 aliphatic carbocycles. The van der Waals surface area contributed by atoms with Crippen LogP contribution in [0.2, 0.25) is 0 Å². The lowest BCUT2D eigenvalue weighted by Gasteiger charge is -2.08. The lowest BCUT2D eigenvalue weighted by Crippen LogP contribution is -2.08. The van der Waals surface area contributed by atoms with Gasteiger partial charge >= 0.3 is 0 Å². The molecule has 0 bridgehead atoms. The van der Waals surface area contributed by atoms with Crippen LogP contribution in [0.5, 0.6) is 0 Å². The Labute approximate surface area is 116 Å². The van der Waals surface area contributed by atoms with Crippen molar-refractivity contribution < 1.29 is 0 Å². The van der Waals surface area contributed by atoms with Crippen molar-refractivity contribution >= 4 is 15.9 Å². The molecule has 1 heterocycles. The summed E-state index contributed by atoms with van der Waals surface area (Å²) in [6.07, 6.45) is 0.846. The van der Waals surface area contributed by atoms with Crippen LogP contribution in [0.15, 0.2) is 22.7 Å². The van der Waals surface area contributed by atoms with Gasteiger partial charge < -0.3 is 10.3 Å². The average molecular weight is 308 g/mol. The van der Waals surface area contributed by atoms with Gasteiger partial charge in [0.25, 0.3) is 0 Å². The molecule has 2 rings (SSSR count). The summed E-state index contributed by atoms with van der Waals surface area (Å²) >= 11 is 3.52. The van der Waals surface area contributed by atoms with Crippen LogP contribution in [0.1, 0.15) is 17.1 Å². The number of rotatable bonds is 3. The zero-order valence-electron chi connectivity index (χ0n) is 11.0. The third-order valence-electron chi connectivity index (χ3n) is 3.27. The summed E-state index contributed by atoms with van der Waals surface area (Å²) in [5, 5.41) is 0. The number of aryl methyl sites for hydroxylation is 2. The topological polar surface area (TPSA) is 43.8 Å². The molecule has 2 aromatic rings. The number of nitrogens with two attached hydrogens (primary N) is 1. The largest absolute Gasteiger partial charge is 0.335 e. The highest BCUT2D eigenvalue weighted by Gasteiger charge is 2.15. The first-order valence-electron chi connectivity index (χ1n) is 6.03. The highest BCUT2D eigenvalue weighted by Crippen LogP contribution is 2.29. The average Bonchev–Trinajstić information content (AvgIpc) is 2.61. The van der Waals surface area contributed by atoms with Crippen molar-refractivity contribution in [1.82, 2.24) is 9.55 Å². The molecule has 0 fully saturated rings. The van der Waals surface area contributed by atoms with Gasteiger partial charge in [-0.05, 0) is 38.1 Å². The Balaban J connectivity index is 2.63. The van der Waals surface area contributed by atoms with Crippen LogP contribution in [0.25, 0.3) is 11.3 Å². The molecular weight excluding hydrogens is 290 g/mol. The van der Waals surface area contributed by atoms with Crippen LogP contribution in [-0.2, 0) is 13.5 Å². The summed E-state index contributed by atoms with van der Waals surface area (Å²) in [5.41, 5.74) is 10.4. The molecule has 0 radical (unpaired) electrons. The standard InChI is InChI=1S/C14H18BrN3/c1-9-4-5-11(15)8-12(9)14-13(6-7-16)18(3)10(2)17-14/h4-5,8H,6-7,16H2,1-3H3. The smallest absolute Gasteiger partial charge is 0.106 e. The first-order valence-corrected chi connectivity index (χ1v) is 6.82. The summed E-state index contributed by atoms with van der Waals surface area (Å²) in [4.78, 5) is 4.69. The summed E-state index contributed by atoms with van der Waals surface area (Å²) in [7, 11) is 2.05. The normalized spacial score (nSPS) is 10.9. The van der Waals surface area contributed by atoms with Crippen molar-refractivity contribution in [3.63, 3.8) is 0 Å². The summed E-state index contributed by atoms with van der Waals surface area (Å²) in [6.45, 7) is 4.77. The molecule has 0 spiro atoms. The van der Waals surface area contributed by atoms with E-state index in [0.717, 1.165) is 22.4 Å². The third-order valence-corrected chi connectivity index (χ3v) is 3.77. The van der Waals surface area contributed by atoms with Gasteiger partial charge in [0.05, 0.1) is 5.69 Å². The van der Waals surface area contributed by atoms with E-state index in [0.29, 0.717) is 6.54 Å². The Morgan fingerprint density at radius 2 is 2.06 bits per heavy atom. The van der Waals surface area contributed by atoms with Crippen LogP contribution < -0.4 is 5.73 Å². The van der Waals surface area contributed by atoms with E-state index in [-0.39, 0.29) is 0 Å². The van der Waals surface area contributed by atoms with Crippen molar-refractivity contribution in [2.24, 2.45) is 12.8 Å². The van der Waals surface area contributed by atoms with Crippen molar-refractivity contribution in [3.05, 3.63) is 39.8 Å². The molecule has 2 N–H and O–H groups in total. The first-order chi connectivity index (χ1) is 8.54. The molecule has 1 aromatic carbocycles. The number of aromatic nitrogens is 2. The number of nitrogens with zero attached hydrogens (tertiary/aromatic N) is 2. The Kier molecular flexibility index (Phi) is 3.88. The van der Waals surface area contributed by atoms with Crippen LogP contribution >= 0.6 is 15.9 Å². The molecule has 0 saturated heterocycles. The minimum atomic E-state index is 0.638. The molecular formula is C14H18BrN3. The predicted molar refractivity (Wildman–Crippen MR) is 78.6 cm³/mol. The van der Waals surface area contributed by atoms with E-state index in [2.05, 4.69) is 50.6 Å². The number of imidazole rings is 1. The lowest BCUT2D eigenvalue weighted by atomic mass is 10.0. The summed E-state index contributed by atoms with van der Waals surface area (Å²) in [6, 6.07) is 6.28. The molecule has 1 aromatic heterocycles. The van der Waals surface area contributed by atoms with E-state index in [1.54, 1.807) is 0 Å². The van der Waals surface area contributed by atoms with Gasteiger partial charge in [0, 0.05) is 29.2 Å². The number of hydrogen-bond acceptors (Lipinski definition) is 2. The second-order valence-electron chi connectivity index (χ2n) is 4.51. The van der Waals surface area contributed by atoms with Crippen LogP contribution in [0.4, 0.5) is 0 Å². The Hall–Kier alpha value is -1.13. The fourth-order valence-electron chi connectivity index (χ4n) is 2.14. The van der Waals surface area contributed by atoms with E-state index >= 15 is 0 Å². The van der Waals surface area contributed by atoms with E-state index < -0.39 is 0 Å². The number of halogens is 1. The molecule has 18 heavy (non-hydrogen) atoms. The van der Waals surface area contributed by atoms with Gasteiger partial charge in [-0.25, -0.2) is 4.98 Å². The van der Waals surface area contributed by atoms with Crippen molar-refractivity contribution in [2.45, 2.75) is 20.3 Å². The van der Waals surface area contributed by atoms with Gasteiger partial charge in [-0.1, -0.05) is 22.0 Å². The zero-order valence-corrected chi connectivity index (χ0v) is 12.6. The van der Waals surface area contributed by atoms with Crippen LogP contribution in [-0.4, -0.2) is 16.1 Å². The highest BCUT2D eigenvalue weighted by atomic mass is 79.9. The van der Waals surface area contributed by atoms with Crippen molar-refractivity contribution in [1.29, 1.82) is 0 Å². The molecule has 0 aliphatic rings. The second-order valence-corrected chi connectivity index (χ2v) is 5.43. The van der Waals surface area contributed by atoms with Crippen LogP contribution in [0.3, 0.4) is 0 Å². The Bertz CT molecular complexity index is 573. The van der Waals surface area contributed by atoms with Crippen LogP contribution in [0, 0.1) is 13.8 Å². The van der Waals surface area contributed by atoms with Gasteiger partial charge in [0.1, 0.15) is 5.82 Å². The quantitative estimate of drug-likeness (QED) is 0.947. The number of benzene rings is 1. The fraction of sp³-hybridized carbons (Fsp3) is 0.357. The van der Waals surface area contributed by atoms with Gasteiger partial charge in [-0.2, -0.15) is 0 Å². The maximum Gasteiger partial charge on any atom is 0.106 e. The van der Waals surface area contributed by atoms with Gasteiger partial charge in [-0.15, -0.1) is 0 Å². The van der Waals surface area contributed by atoms with E-state index in [1.807, 2.05) is 14.0 Å². The number of hydrogen-bond donors (Lipinski definition) is 1.